The van der Waals surface area contributed by atoms with Crippen molar-refractivity contribution in [2.75, 3.05) is 13.1 Å². The van der Waals surface area contributed by atoms with Gasteiger partial charge in [-0.15, -0.1) is 0 Å². The van der Waals surface area contributed by atoms with Crippen molar-refractivity contribution in [1.29, 1.82) is 0 Å². The van der Waals surface area contributed by atoms with Gasteiger partial charge >= 0.3 is 0 Å². The standard InChI is InChI=1S/C43H44N2O3/c1-27(2)31-15-17-35-33(21-31)34-23-43(47-26-30-11-7-4-8-12-30)37-22-32-16-18-36(46)40-38(32)42(43,19-20-44(37)24-29-13-14-29)41(48-40)39(34)45(35)25-28-9-5-3-6-10-28/h3-12,15-18,21,27,29,37,41,46H,13-14,19-20,22-26H2,1-2H3/t37-,41+,42+,43-/m1/s1. The Labute approximate surface area is 283 Å². The average Bonchev–Trinajstić information content (AvgIpc) is 3.79. The number of rotatable bonds is 8. The third-order valence-electron chi connectivity index (χ3n) is 12.6. The Hall–Kier alpha value is -4.06. The van der Waals surface area contributed by atoms with E-state index in [1.807, 2.05) is 6.07 Å². The lowest BCUT2D eigenvalue weighted by Gasteiger charge is -2.64. The summed E-state index contributed by atoms with van der Waals surface area (Å²) in [6, 6.07) is 32.9. The number of fused-ring (bicyclic) bond motifs is 4. The van der Waals surface area contributed by atoms with Crippen molar-refractivity contribution in [3.8, 4) is 11.5 Å². The zero-order valence-electron chi connectivity index (χ0n) is 28.0. The molecule has 5 heteroatoms. The van der Waals surface area contributed by atoms with Crippen LogP contribution in [0.2, 0.25) is 0 Å². The molecule has 1 spiro atoms. The maximum Gasteiger partial charge on any atom is 0.166 e. The molecule has 5 nitrogen and oxygen atoms in total. The fourth-order valence-corrected chi connectivity index (χ4v) is 10.2. The summed E-state index contributed by atoms with van der Waals surface area (Å²) in [5.41, 5.74) is 9.35. The van der Waals surface area contributed by atoms with Crippen molar-refractivity contribution < 1.29 is 14.6 Å². The van der Waals surface area contributed by atoms with Gasteiger partial charge < -0.3 is 19.1 Å². The summed E-state index contributed by atoms with van der Waals surface area (Å²) in [6.45, 7) is 8.07. The highest BCUT2D eigenvalue weighted by molar-refractivity contribution is 5.88. The molecule has 5 aromatic rings. The van der Waals surface area contributed by atoms with Gasteiger partial charge in [0.2, 0.25) is 0 Å². The molecule has 1 saturated carbocycles. The molecule has 0 unspecified atom stereocenters. The minimum absolute atomic E-state index is 0.221. The molecular formula is C43H44N2O3. The zero-order chi connectivity index (χ0) is 32.2. The van der Waals surface area contributed by atoms with Crippen molar-refractivity contribution in [1.82, 2.24) is 9.47 Å². The number of nitrogens with zero attached hydrogens (tertiary/aromatic N) is 2. The summed E-state index contributed by atoms with van der Waals surface area (Å²) < 4.78 is 17.5. The molecule has 5 aliphatic rings. The fraction of sp³-hybridized carbons (Fsp3) is 0.395. The molecule has 1 aromatic heterocycles. The first-order chi connectivity index (χ1) is 23.5. The zero-order valence-corrected chi connectivity index (χ0v) is 28.0. The Morgan fingerprint density at radius 2 is 1.71 bits per heavy atom. The van der Waals surface area contributed by atoms with E-state index in [1.54, 1.807) is 0 Å². The second-order valence-electron chi connectivity index (χ2n) is 15.5. The number of aromatic nitrogens is 1. The molecule has 4 atom stereocenters. The van der Waals surface area contributed by atoms with Gasteiger partial charge in [-0.25, -0.2) is 0 Å². The number of piperidine rings is 1. The molecule has 0 radical (unpaired) electrons. The number of likely N-dealkylation sites (tertiary alicyclic amines) is 1. The van der Waals surface area contributed by atoms with Crippen LogP contribution in [0.4, 0.5) is 0 Å². The van der Waals surface area contributed by atoms with Gasteiger partial charge in [0.15, 0.2) is 17.6 Å². The molecule has 4 aromatic carbocycles. The molecule has 244 valence electrons. The minimum atomic E-state index is -0.514. The van der Waals surface area contributed by atoms with E-state index in [2.05, 4.69) is 108 Å². The van der Waals surface area contributed by atoms with Crippen molar-refractivity contribution in [2.45, 2.75) is 88.2 Å². The summed E-state index contributed by atoms with van der Waals surface area (Å²) in [7, 11) is 0. The van der Waals surface area contributed by atoms with Crippen LogP contribution in [0.25, 0.3) is 10.9 Å². The predicted molar refractivity (Wildman–Crippen MR) is 189 cm³/mol. The summed E-state index contributed by atoms with van der Waals surface area (Å²) in [4.78, 5) is 2.80. The van der Waals surface area contributed by atoms with E-state index in [-0.39, 0.29) is 17.9 Å². The Balaban J connectivity index is 1.25. The molecule has 1 N–H and O–H groups in total. The molecule has 3 heterocycles. The number of ether oxygens (including phenoxy) is 2. The molecule has 2 bridgehead atoms. The monoisotopic (exact) mass is 636 g/mol. The number of benzene rings is 4. The van der Waals surface area contributed by atoms with Gasteiger partial charge in [0.1, 0.15) is 5.60 Å². The first kappa shape index (κ1) is 28.9. The lowest BCUT2D eigenvalue weighted by atomic mass is 9.48. The average molecular weight is 637 g/mol. The lowest BCUT2D eigenvalue weighted by molar-refractivity contribution is -0.211. The fourth-order valence-electron chi connectivity index (χ4n) is 10.2. The normalized spacial score (nSPS) is 26.8. The molecule has 2 fully saturated rings. The Kier molecular flexibility index (Phi) is 6.30. The lowest BCUT2D eigenvalue weighted by Crippen LogP contribution is -2.75. The van der Waals surface area contributed by atoms with E-state index >= 15 is 0 Å². The number of phenolic OH excluding ortho intramolecular Hbond substituents is 1. The van der Waals surface area contributed by atoms with Crippen molar-refractivity contribution in [3.63, 3.8) is 0 Å². The summed E-state index contributed by atoms with van der Waals surface area (Å²) in [6.07, 6.45) is 5.10. The summed E-state index contributed by atoms with van der Waals surface area (Å²) in [5, 5.41) is 12.8. The van der Waals surface area contributed by atoms with Crippen LogP contribution in [-0.2, 0) is 36.1 Å². The quantitative estimate of drug-likeness (QED) is 0.186. The summed E-state index contributed by atoms with van der Waals surface area (Å²) in [5.74, 6) is 2.16. The number of aromatic hydroxyl groups is 1. The summed E-state index contributed by atoms with van der Waals surface area (Å²) >= 11 is 0. The molecule has 2 aliphatic heterocycles. The molecule has 0 amide bonds. The van der Waals surface area contributed by atoms with Crippen molar-refractivity contribution in [2.24, 2.45) is 5.92 Å². The van der Waals surface area contributed by atoms with E-state index in [1.165, 1.54) is 62.8 Å². The highest BCUT2D eigenvalue weighted by Crippen LogP contribution is 2.70. The third kappa shape index (κ3) is 3.98. The van der Waals surface area contributed by atoms with Crippen LogP contribution in [0.3, 0.4) is 0 Å². The van der Waals surface area contributed by atoms with Crippen LogP contribution in [-0.4, -0.2) is 39.3 Å². The van der Waals surface area contributed by atoms with Crippen molar-refractivity contribution in [3.05, 3.63) is 130 Å². The van der Waals surface area contributed by atoms with Gasteiger partial charge in [-0.3, -0.25) is 4.90 Å². The van der Waals surface area contributed by atoms with Crippen LogP contribution in [0.15, 0.2) is 91.0 Å². The second kappa shape index (κ2) is 10.5. The SMILES string of the molecule is CC(C)c1ccc2c(c1)c1c(n2Cc2ccccc2)[C@@H]2Oc3c(O)ccc4c3[C@@]23CCN(CC2CC2)[C@H](C4)[C@]3(OCc2ccccc2)C1. The van der Waals surface area contributed by atoms with Crippen molar-refractivity contribution >= 4 is 10.9 Å². The topological polar surface area (TPSA) is 46.9 Å². The van der Waals surface area contributed by atoms with Crippen LogP contribution in [0, 0.1) is 5.92 Å². The predicted octanol–water partition coefficient (Wildman–Crippen LogP) is 8.44. The molecule has 10 rings (SSSR count). The Morgan fingerprint density at radius 3 is 2.46 bits per heavy atom. The molecule has 1 saturated heterocycles. The van der Waals surface area contributed by atoms with Gasteiger partial charge in [0, 0.05) is 42.0 Å². The Bertz CT molecular complexity index is 2050. The first-order valence-electron chi connectivity index (χ1n) is 18.1. The van der Waals surface area contributed by atoms with E-state index in [0.717, 1.165) is 44.8 Å². The second-order valence-corrected chi connectivity index (χ2v) is 15.5. The number of phenols is 1. The highest BCUT2D eigenvalue weighted by atomic mass is 16.5. The smallest absolute Gasteiger partial charge is 0.166 e. The number of hydrogen-bond donors (Lipinski definition) is 1. The van der Waals surface area contributed by atoms with E-state index in [4.69, 9.17) is 9.47 Å². The number of hydrogen-bond acceptors (Lipinski definition) is 4. The van der Waals surface area contributed by atoms with Gasteiger partial charge in [-0.05, 0) is 90.1 Å². The van der Waals surface area contributed by atoms with E-state index < -0.39 is 11.0 Å². The van der Waals surface area contributed by atoms with Crippen LogP contribution >= 0.6 is 0 Å². The largest absolute Gasteiger partial charge is 0.504 e. The Morgan fingerprint density at radius 1 is 0.938 bits per heavy atom. The van der Waals surface area contributed by atoms with Crippen LogP contribution < -0.4 is 4.74 Å². The van der Waals surface area contributed by atoms with Crippen LogP contribution in [0.1, 0.15) is 84.2 Å². The van der Waals surface area contributed by atoms with E-state index in [0.29, 0.717) is 18.3 Å². The third-order valence-corrected chi connectivity index (χ3v) is 12.6. The minimum Gasteiger partial charge on any atom is -0.504 e. The van der Waals surface area contributed by atoms with Gasteiger partial charge in [-0.1, -0.05) is 86.6 Å². The maximum atomic E-state index is 11.5. The van der Waals surface area contributed by atoms with Crippen LogP contribution in [0.5, 0.6) is 11.5 Å². The highest BCUT2D eigenvalue weighted by Gasteiger charge is 2.74. The molecule has 3 aliphatic carbocycles. The van der Waals surface area contributed by atoms with E-state index in [9.17, 15) is 5.11 Å². The van der Waals surface area contributed by atoms with Gasteiger partial charge in [0.05, 0.1) is 17.7 Å². The van der Waals surface area contributed by atoms with Gasteiger partial charge in [-0.2, -0.15) is 0 Å². The molecular weight excluding hydrogens is 592 g/mol. The molecule has 48 heavy (non-hydrogen) atoms. The first-order valence-corrected chi connectivity index (χ1v) is 18.1. The maximum absolute atomic E-state index is 11.5. The van der Waals surface area contributed by atoms with Gasteiger partial charge in [0.25, 0.3) is 0 Å².